The third kappa shape index (κ3) is 3.57. The number of para-hydroxylation sites is 1. The molecule has 0 saturated carbocycles. The zero-order chi connectivity index (χ0) is 20.5. The number of aromatic amines is 1. The number of carbonyl (C=O) groups is 1. The first-order valence-corrected chi connectivity index (χ1v) is 9.43. The maximum Gasteiger partial charge on any atom is 0.258 e. The van der Waals surface area contributed by atoms with Crippen molar-refractivity contribution in [3.63, 3.8) is 0 Å². The molecule has 0 atom stereocenters. The summed E-state index contributed by atoms with van der Waals surface area (Å²) in [6, 6.07) is 18.8. The number of H-pyrrole nitrogens is 1. The predicted octanol–water partition coefficient (Wildman–Crippen LogP) is 3.60. The Hall–Kier alpha value is -3.67. The normalized spacial score (nSPS) is 11.0. The highest BCUT2D eigenvalue weighted by atomic mass is 16.2. The molecule has 29 heavy (non-hydrogen) atoms. The Morgan fingerprint density at radius 3 is 2.34 bits per heavy atom. The number of aryl methyl sites for hydroxylation is 2. The molecule has 1 N–H and O–H groups in total. The summed E-state index contributed by atoms with van der Waals surface area (Å²) in [5.74, 6) is 0.327. The van der Waals surface area contributed by atoms with E-state index in [1.165, 1.54) is 0 Å². The first kappa shape index (κ1) is 18.7. The minimum absolute atomic E-state index is 0.131. The van der Waals surface area contributed by atoms with Crippen LogP contribution in [0.2, 0.25) is 0 Å². The molecule has 0 aliphatic carbocycles. The van der Waals surface area contributed by atoms with E-state index in [9.17, 15) is 9.59 Å². The molecule has 6 heteroatoms. The summed E-state index contributed by atoms with van der Waals surface area (Å²) < 4.78 is 2.14. The van der Waals surface area contributed by atoms with Crippen LogP contribution in [-0.2, 0) is 6.54 Å². The molecule has 0 unspecified atom stereocenters. The van der Waals surface area contributed by atoms with Crippen LogP contribution in [0.1, 0.15) is 27.6 Å². The Balaban J connectivity index is 1.54. The molecule has 4 rings (SSSR count). The van der Waals surface area contributed by atoms with E-state index in [-0.39, 0.29) is 18.0 Å². The van der Waals surface area contributed by atoms with Gasteiger partial charge < -0.3 is 14.5 Å². The highest BCUT2D eigenvalue weighted by molar-refractivity contribution is 5.94. The number of nitrogens with one attached hydrogen (secondary N) is 1. The Bertz CT molecular complexity index is 1230. The number of fused-ring (bicyclic) bond motifs is 1. The molecule has 0 fully saturated rings. The molecule has 2 heterocycles. The monoisotopic (exact) mass is 386 g/mol. The number of carbonyl (C=O) groups excluding carboxylic acids is 1. The van der Waals surface area contributed by atoms with Crippen molar-refractivity contribution in [1.29, 1.82) is 0 Å². The number of rotatable bonds is 4. The van der Waals surface area contributed by atoms with Gasteiger partial charge in [-0.2, -0.15) is 0 Å². The van der Waals surface area contributed by atoms with Gasteiger partial charge in [0, 0.05) is 29.7 Å². The lowest BCUT2D eigenvalue weighted by Gasteiger charge is -2.17. The summed E-state index contributed by atoms with van der Waals surface area (Å²) >= 11 is 0. The lowest BCUT2D eigenvalue weighted by molar-refractivity contribution is 0.0781. The third-order valence-electron chi connectivity index (χ3n) is 5.04. The lowest BCUT2D eigenvalue weighted by atomic mass is 10.1. The van der Waals surface area contributed by atoms with Gasteiger partial charge in [-0.25, -0.2) is 4.98 Å². The van der Waals surface area contributed by atoms with Crippen molar-refractivity contribution >= 4 is 16.8 Å². The lowest BCUT2D eigenvalue weighted by Crippen LogP contribution is -2.28. The predicted molar refractivity (Wildman–Crippen MR) is 113 cm³/mol. The summed E-state index contributed by atoms with van der Waals surface area (Å²) in [6.07, 6.45) is 0. The fourth-order valence-electron chi connectivity index (χ4n) is 3.56. The van der Waals surface area contributed by atoms with Crippen molar-refractivity contribution in [2.45, 2.75) is 20.4 Å². The van der Waals surface area contributed by atoms with E-state index in [0.717, 1.165) is 17.1 Å². The van der Waals surface area contributed by atoms with E-state index in [2.05, 4.69) is 40.5 Å². The van der Waals surface area contributed by atoms with Gasteiger partial charge in [0.15, 0.2) is 0 Å². The Kier molecular flexibility index (Phi) is 4.76. The van der Waals surface area contributed by atoms with Gasteiger partial charge in [0.25, 0.3) is 11.5 Å². The zero-order valence-corrected chi connectivity index (χ0v) is 16.6. The van der Waals surface area contributed by atoms with E-state index in [1.54, 1.807) is 30.1 Å². The van der Waals surface area contributed by atoms with Crippen molar-refractivity contribution in [2.24, 2.45) is 0 Å². The topological polar surface area (TPSA) is 71.0 Å². The Morgan fingerprint density at radius 2 is 1.66 bits per heavy atom. The largest absolute Gasteiger partial charge is 0.334 e. The molecule has 4 aromatic rings. The maximum atomic E-state index is 12.8. The molecule has 146 valence electrons. The smallest absolute Gasteiger partial charge is 0.258 e. The second-order valence-electron chi connectivity index (χ2n) is 7.19. The van der Waals surface area contributed by atoms with Gasteiger partial charge in [-0.05, 0) is 62.4 Å². The fraction of sp³-hybridized carbons (Fsp3) is 0.174. The Morgan fingerprint density at radius 1 is 1.00 bits per heavy atom. The van der Waals surface area contributed by atoms with E-state index >= 15 is 0 Å². The standard InChI is InChI=1S/C23H22N4O2/c1-15-8-9-16(2)27(15)18-12-10-17(11-13-18)23(29)26(3)14-21-24-20-7-5-4-6-19(20)22(28)25-21/h4-13H,14H2,1-3H3,(H,24,25,28). The molecule has 2 aromatic carbocycles. The molecule has 0 bridgehead atoms. The van der Waals surface area contributed by atoms with Crippen LogP contribution in [0.5, 0.6) is 0 Å². The van der Waals surface area contributed by atoms with Crippen LogP contribution >= 0.6 is 0 Å². The van der Waals surface area contributed by atoms with E-state index in [1.807, 2.05) is 30.3 Å². The summed E-state index contributed by atoms with van der Waals surface area (Å²) in [5.41, 5.74) is 4.31. The molecule has 0 radical (unpaired) electrons. The van der Waals surface area contributed by atoms with E-state index < -0.39 is 0 Å². The van der Waals surface area contributed by atoms with Crippen LogP contribution in [-0.4, -0.2) is 32.4 Å². The molecule has 0 saturated heterocycles. The zero-order valence-electron chi connectivity index (χ0n) is 16.6. The van der Waals surface area contributed by atoms with E-state index in [0.29, 0.717) is 22.3 Å². The molecule has 0 aliphatic rings. The molecular weight excluding hydrogens is 364 g/mol. The van der Waals surface area contributed by atoms with Gasteiger partial charge in [-0.3, -0.25) is 9.59 Å². The summed E-state index contributed by atoms with van der Waals surface area (Å²) in [6.45, 7) is 4.32. The molecule has 1 amide bonds. The van der Waals surface area contributed by atoms with Crippen molar-refractivity contribution in [1.82, 2.24) is 19.4 Å². The number of nitrogens with zero attached hydrogens (tertiary/aromatic N) is 3. The quantitative estimate of drug-likeness (QED) is 0.582. The number of amides is 1. The molecular formula is C23H22N4O2. The van der Waals surface area contributed by atoms with Crippen molar-refractivity contribution < 1.29 is 4.79 Å². The minimum atomic E-state index is -0.201. The molecule has 0 aliphatic heterocycles. The molecule has 6 nitrogen and oxygen atoms in total. The highest BCUT2D eigenvalue weighted by Crippen LogP contribution is 2.18. The highest BCUT2D eigenvalue weighted by Gasteiger charge is 2.14. The average Bonchev–Trinajstić information content (AvgIpc) is 3.05. The molecule has 2 aromatic heterocycles. The van der Waals surface area contributed by atoms with E-state index in [4.69, 9.17) is 0 Å². The number of aromatic nitrogens is 3. The van der Waals surface area contributed by atoms with Gasteiger partial charge in [0.1, 0.15) is 5.82 Å². The van der Waals surface area contributed by atoms with Crippen LogP contribution in [0.15, 0.2) is 65.5 Å². The third-order valence-corrected chi connectivity index (χ3v) is 5.04. The SMILES string of the molecule is Cc1ccc(C)n1-c1ccc(C(=O)N(C)Cc2nc3ccccc3c(=O)[nH]2)cc1. The summed E-state index contributed by atoms with van der Waals surface area (Å²) in [7, 11) is 1.70. The van der Waals surface area contributed by atoms with Crippen molar-refractivity contribution in [2.75, 3.05) is 7.05 Å². The van der Waals surface area contributed by atoms with Crippen LogP contribution in [0.3, 0.4) is 0 Å². The van der Waals surface area contributed by atoms with Crippen LogP contribution < -0.4 is 5.56 Å². The van der Waals surface area contributed by atoms with Gasteiger partial charge in [0.2, 0.25) is 0 Å². The van der Waals surface area contributed by atoms with Crippen LogP contribution in [0, 0.1) is 13.8 Å². The second kappa shape index (κ2) is 7.39. The van der Waals surface area contributed by atoms with Crippen molar-refractivity contribution in [3.05, 3.63) is 93.8 Å². The van der Waals surface area contributed by atoms with Gasteiger partial charge in [-0.15, -0.1) is 0 Å². The number of benzene rings is 2. The average molecular weight is 386 g/mol. The first-order chi connectivity index (χ1) is 13.9. The molecule has 0 spiro atoms. The van der Waals surface area contributed by atoms with Gasteiger partial charge >= 0.3 is 0 Å². The number of hydrogen-bond acceptors (Lipinski definition) is 3. The minimum Gasteiger partial charge on any atom is -0.334 e. The summed E-state index contributed by atoms with van der Waals surface area (Å²) in [4.78, 5) is 33.8. The van der Waals surface area contributed by atoms with Crippen LogP contribution in [0.25, 0.3) is 16.6 Å². The van der Waals surface area contributed by atoms with Crippen molar-refractivity contribution in [3.8, 4) is 5.69 Å². The first-order valence-electron chi connectivity index (χ1n) is 9.43. The Labute approximate surface area is 168 Å². The van der Waals surface area contributed by atoms with Gasteiger partial charge in [0.05, 0.1) is 17.4 Å². The summed E-state index contributed by atoms with van der Waals surface area (Å²) in [5, 5.41) is 0.538. The number of hydrogen-bond donors (Lipinski definition) is 1. The van der Waals surface area contributed by atoms with Gasteiger partial charge in [-0.1, -0.05) is 12.1 Å². The second-order valence-corrected chi connectivity index (χ2v) is 7.19. The van der Waals surface area contributed by atoms with Crippen LogP contribution in [0.4, 0.5) is 0 Å². The maximum absolute atomic E-state index is 12.8. The fourth-order valence-corrected chi connectivity index (χ4v) is 3.56.